The minimum absolute atomic E-state index is 0.102. The summed E-state index contributed by atoms with van der Waals surface area (Å²) >= 11 is 0. The van der Waals surface area contributed by atoms with Gasteiger partial charge in [-0.1, -0.05) is 0 Å². The second-order valence-corrected chi connectivity index (χ2v) is 3.40. The minimum Gasteiger partial charge on any atom is -0.297 e. The first-order valence-corrected chi connectivity index (χ1v) is 4.33. The van der Waals surface area contributed by atoms with E-state index in [1.54, 1.807) is 4.90 Å². The van der Waals surface area contributed by atoms with Crippen molar-refractivity contribution in [3.63, 3.8) is 0 Å². The molecular formula is C8H13F4N. The summed E-state index contributed by atoms with van der Waals surface area (Å²) in [6.45, 7) is 1.42. The van der Waals surface area contributed by atoms with Crippen molar-refractivity contribution in [2.75, 3.05) is 19.8 Å². The molecule has 0 radical (unpaired) electrons. The van der Waals surface area contributed by atoms with E-state index in [9.17, 15) is 17.6 Å². The maximum absolute atomic E-state index is 12.3. The lowest BCUT2D eigenvalue weighted by Crippen LogP contribution is -2.37. The summed E-state index contributed by atoms with van der Waals surface area (Å²) in [5, 5.41) is 0. The molecule has 0 aliphatic carbocycles. The first kappa shape index (κ1) is 10.8. The Hall–Kier alpha value is -0.320. The van der Waals surface area contributed by atoms with E-state index >= 15 is 0 Å². The zero-order chi connectivity index (χ0) is 10.1. The third-order valence-corrected chi connectivity index (χ3v) is 2.68. The SMILES string of the molecule is CC1C(C(F)(F)F)CCN1CCF. The van der Waals surface area contributed by atoms with E-state index in [0.29, 0.717) is 6.54 Å². The van der Waals surface area contributed by atoms with Gasteiger partial charge in [0.1, 0.15) is 6.67 Å². The van der Waals surface area contributed by atoms with Crippen LogP contribution in [-0.4, -0.2) is 36.9 Å². The molecule has 1 nitrogen and oxygen atoms in total. The minimum atomic E-state index is -4.13. The predicted molar refractivity (Wildman–Crippen MR) is 41.2 cm³/mol. The van der Waals surface area contributed by atoms with Gasteiger partial charge in [0.2, 0.25) is 0 Å². The number of halogens is 4. The van der Waals surface area contributed by atoms with Crippen molar-refractivity contribution in [3.05, 3.63) is 0 Å². The third kappa shape index (κ3) is 2.33. The van der Waals surface area contributed by atoms with Gasteiger partial charge < -0.3 is 0 Å². The van der Waals surface area contributed by atoms with Gasteiger partial charge in [0.15, 0.2) is 0 Å². The Kier molecular flexibility index (Phi) is 3.16. The molecule has 2 atom stereocenters. The third-order valence-electron chi connectivity index (χ3n) is 2.68. The number of rotatable bonds is 2. The van der Waals surface area contributed by atoms with Crippen molar-refractivity contribution in [2.45, 2.75) is 25.6 Å². The molecule has 0 bridgehead atoms. The summed E-state index contributed by atoms with van der Waals surface area (Å²) in [5.41, 5.74) is 0. The van der Waals surface area contributed by atoms with Gasteiger partial charge in [-0.3, -0.25) is 4.90 Å². The normalized spacial score (nSPS) is 31.2. The maximum Gasteiger partial charge on any atom is 0.393 e. The fraction of sp³-hybridized carbons (Fsp3) is 1.00. The highest BCUT2D eigenvalue weighted by molar-refractivity contribution is 4.87. The molecule has 1 aliphatic heterocycles. The van der Waals surface area contributed by atoms with Crippen molar-refractivity contribution in [1.82, 2.24) is 4.90 Å². The van der Waals surface area contributed by atoms with Crippen molar-refractivity contribution < 1.29 is 17.6 Å². The zero-order valence-electron chi connectivity index (χ0n) is 7.44. The molecular weight excluding hydrogens is 186 g/mol. The second-order valence-electron chi connectivity index (χ2n) is 3.40. The number of alkyl halides is 4. The van der Waals surface area contributed by atoms with E-state index < -0.39 is 24.8 Å². The van der Waals surface area contributed by atoms with Crippen LogP contribution in [0, 0.1) is 5.92 Å². The summed E-state index contributed by atoms with van der Waals surface area (Å²) in [6.07, 6.45) is -4.03. The van der Waals surface area contributed by atoms with Crippen LogP contribution in [0.3, 0.4) is 0 Å². The van der Waals surface area contributed by atoms with Crippen LogP contribution in [0.2, 0.25) is 0 Å². The number of hydrogen-bond donors (Lipinski definition) is 0. The van der Waals surface area contributed by atoms with Crippen molar-refractivity contribution in [3.8, 4) is 0 Å². The number of hydrogen-bond acceptors (Lipinski definition) is 1. The smallest absolute Gasteiger partial charge is 0.297 e. The fourth-order valence-corrected chi connectivity index (χ4v) is 1.87. The van der Waals surface area contributed by atoms with Gasteiger partial charge in [0.05, 0.1) is 5.92 Å². The Labute approximate surface area is 74.7 Å². The van der Waals surface area contributed by atoms with E-state index in [2.05, 4.69) is 0 Å². The topological polar surface area (TPSA) is 3.24 Å². The van der Waals surface area contributed by atoms with Gasteiger partial charge in [-0.2, -0.15) is 13.2 Å². The molecule has 0 saturated carbocycles. The summed E-state index contributed by atoms with van der Waals surface area (Å²) in [7, 11) is 0. The molecule has 2 unspecified atom stereocenters. The lowest BCUT2D eigenvalue weighted by atomic mass is 10.0. The van der Waals surface area contributed by atoms with E-state index in [1.165, 1.54) is 6.92 Å². The highest BCUT2D eigenvalue weighted by Gasteiger charge is 2.47. The molecule has 0 spiro atoms. The van der Waals surface area contributed by atoms with Crippen molar-refractivity contribution in [2.24, 2.45) is 5.92 Å². The molecule has 78 valence electrons. The fourth-order valence-electron chi connectivity index (χ4n) is 1.87. The molecule has 5 heteroatoms. The van der Waals surface area contributed by atoms with Crippen LogP contribution in [0.5, 0.6) is 0 Å². The molecule has 0 aromatic heterocycles. The van der Waals surface area contributed by atoms with Crippen LogP contribution in [-0.2, 0) is 0 Å². The Bertz CT molecular complexity index is 168. The Balaban J connectivity index is 2.55. The van der Waals surface area contributed by atoms with Gasteiger partial charge in [0.25, 0.3) is 0 Å². The highest BCUT2D eigenvalue weighted by atomic mass is 19.4. The first-order valence-electron chi connectivity index (χ1n) is 4.33. The molecule has 1 aliphatic rings. The molecule has 1 heterocycles. The van der Waals surface area contributed by atoms with Gasteiger partial charge in [-0.15, -0.1) is 0 Å². The Morgan fingerprint density at radius 3 is 2.38 bits per heavy atom. The quantitative estimate of drug-likeness (QED) is 0.616. The van der Waals surface area contributed by atoms with Gasteiger partial charge >= 0.3 is 6.18 Å². The molecule has 0 amide bonds. The average Bonchev–Trinajstić information content (AvgIpc) is 2.32. The van der Waals surface area contributed by atoms with Gasteiger partial charge in [-0.05, 0) is 19.9 Å². The van der Waals surface area contributed by atoms with Crippen molar-refractivity contribution in [1.29, 1.82) is 0 Å². The van der Waals surface area contributed by atoms with E-state index in [4.69, 9.17) is 0 Å². The predicted octanol–water partition coefficient (Wildman–Crippen LogP) is 2.23. The van der Waals surface area contributed by atoms with Crippen LogP contribution in [0.1, 0.15) is 13.3 Å². The van der Waals surface area contributed by atoms with E-state index in [1.807, 2.05) is 0 Å². The van der Waals surface area contributed by atoms with Crippen LogP contribution in [0.25, 0.3) is 0 Å². The lowest BCUT2D eigenvalue weighted by Gasteiger charge is -2.24. The van der Waals surface area contributed by atoms with Gasteiger partial charge in [-0.25, -0.2) is 4.39 Å². The van der Waals surface area contributed by atoms with Crippen LogP contribution < -0.4 is 0 Å². The molecule has 1 rings (SSSR count). The number of likely N-dealkylation sites (tertiary alicyclic amines) is 1. The van der Waals surface area contributed by atoms with Crippen LogP contribution in [0.15, 0.2) is 0 Å². The lowest BCUT2D eigenvalue weighted by molar-refractivity contribution is -0.178. The molecule has 1 saturated heterocycles. The molecule has 0 aromatic carbocycles. The monoisotopic (exact) mass is 199 g/mol. The zero-order valence-corrected chi connectivity index (χ0v) is 7.44. The summed E-state index contributed by atoms with van der Waals surface area (Å²) in [5.74, 6) is -1.28. The average molecular weight is 199 g/mol. The highest BCUT2D eigenvalue weighted by Crippen LogP contribution is 2.37. The second kappa shape index (κ2) is 3.82. The summed E-state index contributed by atoms with van der Waals surface area (Å²) in [4.78, 5) is 1.55. The van der Waals surface area contributed by atoms with Crippen LogP contribution in [0.4, 0.5) is 17.6 Å². The first-order chi connectivity index (χ1) is 5.96. The van der Waals surface area contributed by atoms with E-state index in [0.717, 1.165) is 0 Å². The summed E-state index contributed by atoms with van der Waals surface area (Å²) < 4.78 is 48.8. The molecule has 1 fully saturated rings. The molecule has 0 N–H and O–H groups in total. The van der Waals surface area contributed by atoms with Crippen molar-refractivity contribution >= 4 is 0 Å². The Morgan fingerprint density at radius 1 is 1.38 bits per heavy atom. The van der Waals surface area contributed by atoms with E-state index in [-0.39, 0.29) is 13.0 Å². The largest absolute Gasteiger partial charge is 0.393 e. The maximum atomic E-state index is 12.3. The standard InChI is InChI=1S/C8H13F4N/c1-6-7(8(10,11)12)2-4-13(6)5-3-9/h6-7H,2-5H2,1H3. The Morgan fingerprint density at radius 2 is 2.00 bits per heavy atom. The van der Waals surface area contributed by atoms with Crippen LogP contribution >= 0.6 is 0 Å². The molecule has 0 aromatic rings. The number of nitrogens with zero attached hydrogens (tertiary/aromatic N) is 1. The molecule has 13 heavy (non-hydrogen) atoms. The summed E-state index contributed by atoms with van der Waals surface area (Å²) in [6, 6.07) is -0.573. The van der Waals surface area contributed by atoms with Gasteiger partial charge in [0, 0.05) is 12.6 Å².